The van der Waals surface area contributed by atoms with E-state index < -0.39 is 15.8 Å². The van der Waals surface area contributed by atoms with E-state index in [4.69, 9.17) is 15.2 Å². The molecule has 0 heterocycles. The second-order valence-electron chi connectivity index (χ2n) is 6.35. The van der Waals surface area contributed by atoms with Crippen LogP contribution in [0.25, 0.3) is 0 Å². The lowest BCUT2D eigenvalue weighted by atomic mass is 10.1. The normalized spacial score (nSPS) is 12.4. The van der Waals surface area contributed by atoms with E-state index in [9.17, 15) is 13.2 Å². The van der Waals surface area contributed by atoms with Crippen LogP contribution in [0.3, 0.4) is 0 Å². The number of carbonyl (C=O) groups is 1. The summed E-state index contributed by atoms with van der Waals surface area (Å²) in [5.41, 5.74) is 7.38. The summed E-state index contributed by atoms with van der Waals surface area (Å²) < 4.78 is 35.9. The molecule has 0 saturated heterocycles. The number of carbonyl (C=O) groups excluding carboxylic acids is 1. The Bertz CT molecular complexity index is 889. The monoisotopic (exact) mass is 391 g/mol. The van der Waals surface area contributed by atoms with Crippen LogP contribution in [0.2, 0.25) is 0 Å². The number of esters is 1. The SMILES string of the molecule is CCOC(=O)COc1ccc(S(=O)(=O)c2ccc(CC(C)N)cc2)cc1C. The summed E-state index contributed by atoms with van der Waals surface area (Å²) in [5, 5.41) is 0. The molecule has 0 bridgehead atoms. The van der Waals surface area contributed by atoms with Crippen molar-refractivity contribution in [3.8, 4) is 5.75 Å². The minimum Gasteiger partial charge on any atom is -0.482 e. The highest BCUT2D eigenvalue weighted by Crippen LogP contribution is 2.26. The van der Waals surface area contributed by atoms with Gasteiger partial charge >= 0.3 is 5.97 Å². The van der Waals surface area contributed by atoms with E-state index in [1.807, 2.05) is 6.92 Å². The van der Waals surface area contributed by atoms with Gasteiger partial charge in [0.1, 0.15) is 5.75 Å². The van der Waals surface area contributed by atoms with Gasteiger partial charge in [-0.1, -0.05) is 12.1 Å². The van der Waals surface area contributed by atoms with Crippen molar-refractivity contribution in [1.82, 2.24) is 0 Å². The van der Waals surface area contributed by atoms with Crippen molar-refractivity contribution < 1.29 is 22.7 Å². The molecule has 0 saturated carbocycles. The Hall–Kier alpha value is -2.38. The van der Waals surface area contributed by atoms with E-state index in [1.54, 1.807) is 44.2 Å². The Labute approximate surface area is 160 Å². The molecule has 7 heteroatoms. The summed E-state index contributed by atoms with van der Waals surface area (Å²) in [7, 11) is -3.64. The molecule has 0 aliphatic heterocycles. The number of benzene rings is 2. The van der Waals surface area contributed by atoms with E-state index in [0.29, 0.717) is 17.7 Å². The van der Waals surface area contributed by atoms with Gasteiger partial charge in [-0.2, -0.15) is 0 Å². The van der Waals surface area contributed by atoms with Gasteiger partial charge < -0.3 is 15.2 Å². The largest absolute Gasteiger partial charge is 0.482 e. The maximum absolute atomic E-state index is 12.8. The van der Waals surface area contributed by atoms with Gasteiger partial charge in [0.2, 0.25) is 9.84 Å². The first-order chi connectivity index (χ1) is 12.7. The van der Waals surface area contributed by atoms with Crippen molar-refractivity contribution in [2.75, 3.05) is 13.2 Å². The van der Waals surface area contributed by atoms with Gasteiger partial charge in [-0.3, -0.25) is 0 Å². The van der Waals surface area contributed by atoms with Crippen LogP contribution in [-0.4, -0.2) is 33.6 Å². The molecular formula is C20H25NO5S. The van der Waals surface area contributed by atoms with Crippen LogP contribution in [0.1, 0.15) is 25.0 Å². The molecule has 1 atom stereocenters. The quantitative estimate of drug-likeness (QED) is 0.695. The average Bonchev–Trinajstić information content (AvgIpc) is 2.61. The first-order valence-electron chi connectivity index (χ1n) is 8.72. The molecule has 27 heavy (non-hydrogen) atoms. The number of ether oxygens (including phenoxy) is 2. The number of hydrogen-bond donors (Lipinski definition) is 1. The minimum absolute atomic E-state index is 0.0114. The average molecular weight is 391 g/mol. The van der Waals surface area contributed by atoms with Crippen molar-refractivity contribution in [1.29, 1.82) is 0 Å². The lowest BCUT2D eigenvalue weighted by molar-refractivity contribution is -0.145. The predicted octanol–water partition coefficient (Wildman–Crippen LogP) is 2.66. The smallest absolute Gasteiger partial charge is 0.344 e. The molecule has 146 valence electrons. The predicted molar refractivity (Wildman–Crippen MR) is 103 cm³/mol. The first-order valence-corrected chi connectivity index (χ1v) is 10.2. The van der Waals surface area contributed by atoms with Gasteiger partial charge in [0.05, 0.1) is 16.4 Å². The molecule has 2 aromatic carbocycles. The van der Waals surface area contributed by atoms with E-state index in [-0.39, 0.29) is 29.0 Å². The van der Waals surface area contributed by atoms with Crippen LogP contribution < -0.4 is 10.5 Å². The summed E-state index contributed by atoms with van der Waals surface area (Å²) >= 11 is 0. The Morgan fingerprint density at radius 1 is 1.11 bits per heavy atom. The highest BCUT2D eigenvalue weighted by atomic mass is 32.2. The molecule has 2 aromatic rings. The van der Waals surface area contributed by atoms with Crippen LogP contribution in [0.5, 0.6) is 5.75 Å². The van der Waals surface area contributed by atoms with Crippen LogP contribution >= 0.6 is 0 Å². The van der Waals surface area contributed by atoms with Crippen molar-refractivity contribution in [3.05, 3.63) is 53.6 Å². The Morgan fingerprint density at radius 3 is 2.30 bits per heavy atom. The number of nitrogens with two attached hydrogens (primary N) is 1. The molecule has 0 aromatic heterocycles. The number of rotatable bonds is 8. The van der Waals surface area contributed by atoms with Crippen molar-refractivity contribution in [3.63, 3.8) is 0 Å². The van der Waals surface area contributed by atoms with E-state index >= 15 is 0 Å². The number of sulfone groups is 1. The lowest BCUT2D eigenvalue weighted by Crippen LogP contribution is -2.17. The standard InChI is InChI=1S/C20H25NO5S/c1-4-25-20(22)13-26-19-10-9-18(11-14(19)2)27(23,24)17-7-5-16(6-8-17)12-15(3)21/h5-11,15H,4,12-13,21H2,1-3H3. The summed E-state index contributed by atoms with van der Waals surface area (Å²) in [6.07, 6.45) is 0.686. The van der Waals surface area contributed by atoms with Crippen LogP contribution in [0.15, 0.2) is 52.3 Å². The van der Waals surface area contributed by atoms with Crippen molar-refractivity contribution >= 4 is 15.8 Å². The van der Waals surface area contributed by atoms with Gasteiger partial charge in [-0.25, -0.2) is 13.2 Å². The fraction of sp³-hybridized carbons (Fsp3) is 0.350. The number of hydrogen-bond acceptors (Lipinski definition) is 6. The minimum atomic E-state index is -3.64. The topological polar surface area (TPSA) is 95.7 Å². The zero-order chi connectivity index (χ0) is 20.0. The van der Waals surface area contributed by atoms with Gasteiger partial charge in [0.15, 0.2) is 6.61 Å². The third-order valence-electron chi connectivity index (χ3n) is 3.90. The van der Waals surface area contributed by atoms with Crippen LogP contribution in [0.4, 0.5) is 0 Å². The fourth-order valence-electron chi connectivity index (χ4n) is 2.60. The summed E-state index contributed by atoms with van der Waals surface area (Å²) in [4.78, 5) is 11.8. The first kappa shape index (κ1) is 20.9. The van der Waals surface area contributed by atoms with Crippen molar-refractivity contribution in [2.24, 2.45) is 5.73 Å². The molecule has 0 spiro atoms. The molecule has 2 rings (SSSR count). The van der Waals surface area contributed by atoms with Crippen LogP contribution in [-0.2, 0) is 25.8 Å². The van der Waals surface area contributed by atoms with E-state index in [2.05, 4.69) is 0 Å². The summed E-state index contributed by atoms with van der Waals surface area (Å²) in [6.45, 7) is 5.40. The van der Waals surface area contributed by atoms with Gasteiger partial charge in [-0.05, 0) is 68.7 Å². The molecule has 6 nitrogen and oxygen atoms in total. The summed E-state index contributed by atoms with van der Waals surface area (Å²) in [5.74, 6) is -0.0326. The van der Waals surface area contributed by atoms with E-state index in [0.717, 1.165) is 5.56 Å². The molecule has 0 aliphatic carbocycles. The zero-order valence-electron chi connectivity index (χ0n) is 15.8. The Kier molecular flexibility index (Phi) is 6.98. The van der Waals surface area contributed by atoms with Gasteiger partial charge in [0, 0.05) is 6.04 Å². The third kappa shape index (κ3) is 5.55. The third-order valence-corrected chi connectivity index (χ3v) is 5.67. The highest BCUT2D eigenvalue weighted by molar-refractivity contribution is 7.91. The Balaban J connectivity index is 2.19. The molecule has 2 N–H and O–H groups in total. The molecule has 0 fully saturated rings. The molecule has 0 amide bonds. The molecule has 0 radical (unpaired) electrons. The molecule has 1 unspecified atom stereocenters. The second-order valence-corrected chi connectivity index (χ2v) is 8.30. The number of aryl methyl sites for hydroxylation is 1. The molecule has 0 aliphatic rings. The van der Waals surface area contributed by atoms with Crippen molar-refractivity contribution in [2.45, 2.75) is 43.0 Å². The van der Waals surface area contributed by atoms with E-state index in [1.165, 1.54) is 12.1 Å². The lowest BCUT2D eigenvalue weighted by Gasteiger charge is -2.11. The highest BCUT2D eigenvalue weighted by Gasteiger charge is 2.19. The zero-order valence-corrected chi connectivity index (χ0v) is 16.6. The maximum Gasteiger partial charge on any atom is 0.344 e. The second kappa shape index (κ2) is 9.01. The maximum atomic E-state index is 12.8. The fourth-order valence-corrected chi connectivity index (χ4v) is 3.95. The summed E-state index contributed by atoms with van der Waals surface area (Å²) in [6, 6.07) is 11.3. The van der Waals surface area contributed by atoms with Gasteiger partial charge in [0.25, 0.3) is 0 Å². The Morgan fingerprint density at radius 2 is 1.74 bits per heavy atom. The van der Waals surface area contributed by atoms with Gasteiger partial charge in [-0.15, -0.1) is 0 Å². The molecular weight excluding hydrogens is 366 g/mol. The van der Waals surface area contributed by atoms with Crippen LogP contribution in [0, 0.1) is 6.92 Å².